The molecule has 2 nitrogen and oxygen atoms in total. The zero-order chi connectivity index (χ0) is 48.5. The average Bonchev–Trinajstić information content (AvgIpc) is 4.20. The highest BCUT2D eigenvalue weighted by Gasteiger charge is 2.53. The normalized spacial score (nSPS) is 16.2. The molecule has 12 aromatic rings. The van der Waals surface area contributed by atoms with Gasteiger partial charge in [-0.2, -0.15) is 0 Å². The van der Waals surface area contributed by atoms with Crippen molar-refractivity contribution in [3.63, 3.8) is 0 Å². The van der Waals surface area contributed by atoms with Gasteiger partial charge >= 0.3 is 0 Å². The van der Waals surface area contributed by atoms with E-state index in [-0.39, 0.29) is 0 Å². The Balaban J connectivity index is 0.967. The number of nitrogens with zero attached hydrogens (tertiary/aromatic N) is 2. The van der Waals surface area contributed by atoms with E-state index in [1.807, 2.05) is 11.3 Å². The van der Waals surface area contributed by atoms with Crippen LogP contribution in [-0.4, -0.2) is 4.57 Å². The molecule has 1 atom stereocenters. The highest BCUT2D eigenvalue weighted by molar-refractivity contribution is 7.27. The lowest BCUT2D eigenvalue weighted by Gasteiger charge is -2.33. The van der Waals surface area contributed by atoms with E-state index in [2.05, 4.69) is 252 Å². The number of fused-ring (bicyclic) bond motifs is 20. The van der Waals surface area contributed by atoms with Crippen molar-refractivity contribution < 1.29 is 0 Å². The van der Waals surface area contributed by atoms with E-state index in [1.54, 1.807) is 0 Å². The van der Waals surface area contributed by atoms with Gasteiger partial charge in [0.1, 0.15) is 0 Å². The number of hydrogen-bond donors (Lipinski definition) is 0. The first kappa shape index (κ1) is 41.8. The van der Waals surface area contributed by atoms with Gasteiger partial charge in [0.15, 0.2) is 0 Å². The summed E-state index contributed by atoms with van der Waals surface area (Å²) in [6, 6.07) is 84.2. The average molecular weight is 961 g/mol. The molecule has 3 heteroatoms. The van der Waals surface area contributed by atoms with Crippen LogP contribution in [0.25, 0.3) is 87.0 Å². The second-order valence-electron chi connectivity index (χ2n) is 20.5. The van der Waals surface area contributed by atoms with Crippen LogP contribution in [0.5, 0.6) is 0 Å². The summed E-state index contributed by atoms with van der Waals surface area (Å²) in [5, 5.41) is 6.63. The van der Waals surface area contributed by atoms with Crippen LogP contribution in [0.1, 0.15) is 58.3 Å². The molecule has 0 saturated carbocycles. The van der Waals surface area contributed by atoms with Crippen LogP contribution in [0.15, 0.2) is 242 Å². The second-order valence-corrected chi connectivity index (χ2v) is 21.5. The zero-order valence-electron chi connectivity index (χ0n) is 40.7. The molecule has 0 saturated heterocycles. The molecular formula is C71H48N2S. The number of allylic oxidation sites excluding steroid dienone is 5. The van der Waals surface area contributed by atoms with Gasteiger partial charge in [0, 0.05) is 59.1 Å². The fourth-order valence-electron chi connectivity index (χ4n) is 13.7. The first-order valence-corrected chi connectivity index (χ1v) is 27.0. The Morgan fingerprint density at radius 3 is 1.85 bits per heavy atom. The van der Waals surface area contributed by atoms with E-state index in [0.717, 1.165) is 42.7 Å². The van der Waals surface area contributed by atoms with Gasteiger partial charge in [-0.3, -0.25) is 0 Å². The highest BCUT2D eigenvalue weighted by atomic mass is 32.1. The third kappa shape index (κ3) is 5.87. The van der Waals surface area contributed by atoms with Gasteiger partial charge in [-0.25, -0.2) is 0 Å². The summed E-state index contributed by atoms with van der Waals surface area (Å²) in [6.45, 7) is 0. The summed E-state index contributed by atoms with van der Waals surface area (Å²) in [7, 11) is 0. The number of benzene rings is 10. The molecule has 1 unspecified atom stereocenters. The predicted octanol–water partition coefficient (Wildman–Crippen LogP) is 19.2. The molecule has 74 heavy (non-hydrogen) atoms. The predicted molar refractivity (Wildman–Crippen MR) is 313 cm³/mol. The topological polar surface area (TPSA) is 8.17 Å². The van der Waals surface area contributed by atoms with Crippen molar-refractivity contribution in [3.8, 4) is 27.9 Å². The van der Waals surface area contributed by atoms with Crippen LogP contribution in [0, 0.1) is 0 Å². The summed E-state index contributed by atoms with van der Waals surface area (Å²) < 4.78 is 5.23. The number of para-hydroxylation sites is 1. The number of rotatable bonds is 6. The molecule has 348 valence electrons. The van der Waals surface area contributed by atoms with E-state index in [0.29, 0.717) is 0 Å². The second kappa shape index (κ2) is 16.1. The summed E-state index contributed by atoms with van der Waals surface area (Å²) in [4.78, 5) is 2.53. The lowest BCUT2D eigenvalue weighted by atomic mass is 9.69. The van der Waals surface area contributed by atoms with E-state index < -0.39 is 5.41 Å². The maximum Gasteiger partial charge on any atom is 0.0723 e. The maximum atomic E-state index is 2.57. The number of anilines is 3. The molecular weight excluding hydrogens is 913 g/mol. The van der Waals surface area contributed by atoms with Gasteiger partial charge in [0.2, 0.25) is 0 Å². The van der Waals surface area contributed by atoms with Gasteiger partial charge < -0.3 is 9.47 Å². The van der Waals surface area contributed by atoms with Crippen molar-refractivity contribution in [1.29, 1.82) is 0 Å². The minimum atomic E-state index is -0.409. The third-order valence-electron chi connectivity index (χ3n) is 16.7. The molecule has 0 radical (unpaired) electrons. The van der Waals surface area contributed by atoms with Crippen molar-refractivity contribution in [2.75, 3.05) is 4.90 Å². The number of thiophene rings is 1. The van der Waals surface area contributed by atoms with Crippen LogP contribution < -0.4 is 4.90 Å². The van der Waals surface area contributed by atoms with Crippen molar-refractivity contribution in [2.24, 2.45) is 0 Å². The molecule has 16 rings (SSSR count). The molecule has 1 spiro atoms. The number of aromatic nitrogens is 1. The Labute approximate surface area is 434 Å². The molecule has 0 aliphatic heterocycles. The van der Waals surface area contributed by atoms with Crippen molar-refractivity contribution in [2.45, 2.75) is 31.1 Å². The Bertz CT molecular complexity index is 4400. The molecule has 2 aromatic heterocycles. The van der Waals surface area contributed by atoms with Gasteiger partial charge in [-0.15, -0.1) is 11.3 Å². The van der Waals surface area contributed by atoms with E-state index >= 15 is 0 Å². The molecule has 0 bridgehead atoms. The Morgan fingerprint density at radius 2 is 1.05 bits per heavy atom. The summed E-state index contributed by atoms with van der Waals surface area (Å²) in [5.41, 5.74) is 24.3. The minimum Gasteiger partial charge on any atom is -0.310 e. The maximum absolute atomic E-state index is 2.57. The van der Waals surface area contributed by atoms with Crippen LogP contribution in [-0.2, 0) is 11.8 Å². The summed E-state index contributed by atoms with van der Waals surface area (Å²) in [5.74, 6) is 0. The molecule has 0 N–H and O–H groups in total. The van der Waals surface area contributed by atoms with Gasteiger partial charge in [0.05, 0.1) is 16.6 Å². The molecule has 0 fully saturated rings. The van der Waals surface area contributed by atoms with Gasteiger partial charge in [-0.05, 0) is 159 Å². The van der Waals surface area contributed by atoms with E-state index in [4.69, 9.17) is 0 Å². The molecule has 4 aliphatic rings. The monoisotopic (exact) mass is 960 g/mol. The Hall–Kier alpha value is -8.76. The summed E-state index contributed by atoms with van der Waals surface area (Å²) >= 11 is 1.94. The smallest absolute Gasteiger partial charge is 0.0723 e. The Kier molecular flexibility index (Phi) is 9.11. The van der Waals surface area contributed by atoms with E-state index in [9.17, 15) is 0 Å². The lowest BCUT2D eigenvalue weighted by Crippen LogP contribution is -2.26. The largest absolute Gasteiger partial charge is 0.310 e. The van der Waals surface area contributed by atoms with Crippen LogP contribution in [0.3, 0.4) is 0 Å². The van der Waals surface area contributed by atoms with E-state index in [1.165, 1.54) is 126 Å². The first-order chi connectivity index (χ1) is 36.7. The molecule has 2 heterocycles. The van der Waals surface area contributed by atoms with Gasteiger partial charge in [0.25, 0.3) is 0 Å². The zero-order valence-corrected chi connectivity index (χ0v) is 41.5. The molecule has 10 aromatic carbocycles. The molecule has 0 amide bonds. The summed E-state index contributed by atoms with van der Waals surface area (Å²) in [6.07, 6.45) is 11.6. The molecule has 4 aliphatic carbocycles. The van der Waals surface area contributed by atoms with Crippen LogP contribution in [0.2, 0.25) is 0 Å². The van der Waals surface area contributed by atoms with Crippen LogP contribution >= 0.6 is 11.3 Å². The lowest BCUT2D eigenvalue weighted by molar-refractivity contribution is 0.782. The fraction of sp³-hybridized carbons (Fsp3) is 0.0704. The van der Waals surface area contributed by atoms with Crippen LogP contribution in [0.4, 0.5) is 17.1 Å². The minimum absolute atomic E-state index is 0.409. The Morgan fingerprint density at radius 1 is 0.446 bits per heavy atom. The van der Waals surface area contributed by atoms with Crippen molar-refractivity contribution in [1.82, 2.24) is 4.57 Å². The first-order valence-electron chi connectivity index (χ1n) is 26.2. The standard InChI is InChI=1S/C71H48N2S/c1-4-18-45(19-5-1)47-32-35-50(36-33-47)72(52-37-40-56-55-26-14-17-31-63(55)71(64(56)44-52)61-29-15-12-24-53(61)54-25-13-16-30-62(54)71)51-38-41-66-60(43-51)68-67-59-39-34-48(46-20-6-2-7-21-46)42-65(59)73(49-22-8-3-9-23-49)69(67)57-27-10-11-28-58(57)70(68)74-66/h1-12,14-15,17-33,35-38,40-44H,13,16,34,39H2. The SMILES string of the molecule is C1=C(c2ccccc2)CCc2c1n(-c1ccccc1)c1c3ccccc3c3sc4ccc(N(c5ccc(-c6ccccc6)cc5)c5ccc6c(c5)C5(C7=CCCC=C7c7ccccc75)c5ccccc5-6)cc4c3c21. The van der Waals surface area contributed by atoms with Gasteiger partial charge in [-0.1, -0.05) is 182 Å². The number of aryl methyl sites for hydroxylation is 1. The van der Waals surface area contributed by atoms with Crippen molar-refractivity contribution >= 4 is 87.5 Å². The quantitative estimate of drug-likeness (QED) is 0.161. The fourth-order valence-corrected chi connectivity index (χ4v) is 14.9. The highest BCUT2D eigenvalue weighted by Crippen LogP contribution is 2.65. The number of hydrogen-bond acceptors (Lipinski definition) is 2. The third-order valence-corrected chi connectivity index (χ3v) is 17.9. The van der Waals surface area contributed by atoms with Crippen molar-refractivity contribution in [3.05, 3.63) is 281 Å².